The minimum atomic E-state index is 0.656. The van der Waals surface area contributed by atoms with Crippen LogP contribution in [-0.4, -0.2) is 39.4 Å². The molecule has 0 bridgehead atoms. The minimum absolute atomic E-state index is 0.656. The highest BCUT2D eigenvalue weighted by atomic mass is 16.6. The summed E-state index contributed by atoms with van der Waals surface area (Å²) in [6, 6.07) is 6.27. The van der Waals surface area contributed by atoms with Crippen molar-refractivity contribution < 1.29 is 9.47 Å². The molecule has 1 atom stereocenters. The Balaban J connectivity index is 1.41. The van der Waals surface area contributed by atoms with Gasteiger partial charge in [0.25, 0.3) is 0 Å². The summed E-state index contributed by atoms with van der Waals surface area (Å²) in [5.74, 6) is 2.57. The lowest BCUT2D eigenvalue weighted by Crippen LogP contribution is -2.36. The molecule has 20 heavy (non-hydrogen) atoms. The molecule has 4 nitrogen and oxygen atoms in total. The Morgan fingerprint density at radius 3 is 2.95 bits per heavy atom. The third kappa shape index (κ3) is 3.64. The quantitative estimate of drug-likeness (QED) is 0.802. The maximum Gasteiger partial charge on any atom is 0.161 e. The van der Waals surface area contributed by atoms with E-state index in [1.165, 1.54) is 24.9 Å². The summed E-state index contributed by atoms with van der Waals surface area (Å²) in [4.78, 5) is 0. The maximum absolute atomic E-state index is 5.61. The van der Waals surface area contributed by atoms with Gasteiger partial charge in [0.15, 0.2) is 11.5 Å². The number of hydrogen-bond acceptors (Lipinski definition) is 4. The minimum Gasteiger partial charge on any atom is -0.486 e. The van der Waals surface area contributed by atoms with Crippen molar-refractivity contribution in [3.05, 3.63) is 23.8 Å². The summed E-state index contributed by atoms with van der Waals surface area (Å²) in [6.07, 6.45) is 3.70. The van der Waals surface area contributed by atoms with Gasteiger partial charge in [-0.2, -0.15) is 0 Å². The van der Waals surface area contributed by atoms with Crippen molar-refractivity contribution in [3.8, 4) is 11.5 Å². The van der Waals surface area contributed by atoms with E-state index in [1.807, 2.05) is 6.07 Å². The van der Waals surface area contributed by atoms with Crippen LogP contribution in [0.25, 0.3) is 0 Å². The maximum atomic E-state index is 5.61. The third-order valence-electron chi connectivity index (χ3n) is 4.03. The van der Waals surface area contributed by atoms with Crippen molar-refractivity contribution in [2.75, 3.05) is 39.4 Å². The molecule has 0 spiro atoms. The SMILES string of the molecule is c1cc2c(cc1CCNCC1CCCNC1)OCCO2. The molecule has 0 saturated carbocycles. The number of piperidine rings is 1. The molecular formula is C16H24N2O2. The van der Waals surface area contributed by atoms with Gasteiger partial charge in [0.2, 0.25) is 0 Å². The van der Waals surface area contributed by atoms with Crippen LogP contribution in [0.3, 0.4) is 0 Å². The molecule has 1 unspecified atom stereocenters. The van der Waals surface area contributed by atoms with E-state index in [0.717, 1.165) is 43.5 Å². The van der Waals surface area contributed by atoms with Crippen molar-refractivity contribution in [2.24, 2.45) is 5.92 Å². The summed E-state index contributed by atoms with van der Waals surface area (Å²) in [7, 11) is 0. The number of fused-ring (bicyclic) bond motifs is 1. The lowest BCUT2D eigenvalue weighted by Gasteiger charge is -2.23. The van der Waals surface area contributed by atoms with Crippen LogP contribution in [0.4, 0.5) is 0 Å². The fraction of sp³-hybridized carbons (Fsp3) is 0.625. The Kier molecular flexibility index (Phi) is 4.77. The predicted octanol–water partition coefficient (Wildman–Crippen LogP) is 1.59. The van der Waals surface area contributed by atoms with E-state index in [-0.39, 0.29) is 0 Å². The molecule has 4 heteroatoms. The average Bonchev–Trinajstić information content (AvgIpc) is 2.52. The number of hydrogen-bond donors (Lipinski definition) is 2. The monoisotopic (exact) mass is 276 g/mol. The van der Waals surface area contributed by atoms with Crippen molar-refractivity contribution in [1.29, 1.82) is 0 Å². The first kappa shape index (κ1) is 13.7. The Morgan fingerprint density at radius 2 is 2.10 bits per heavy atom. The zero-order valence-electron chi connectivity index (χ0n) is 12.0. The lowest BCUT2D eigenvalue weighted by molar-refractivity contribution is 0.171. The van der Waals surface area contributed by atoms with Gasteiger partial charge < -0.3 is 20.1 Å². The third-order valence-corrected chi connectivity index (χ3v) is 4.03. The van der Waals surface area contributed by atoms with Crippen LogP contribution in [0.15, 0.2) is 18.2 Å². The van der Waals surface area contributed by atoms with Crippen molar-refractivity contribution >= 4 is 0 Å². The molecule has 1 fully saturated rings. The van der Waals surface area contributed by atoms with E-state index >= 15 is 0 Å². The van der Waals surface area contributed by atoms with Crippen LogP contribution >= 0.6 is 0 Å². The second kappa shape index (κ2) is 6.95. The van der Waals surface area contributed by atoms with Gasteiger partial charge in [-0.05, 0) is 69.1 Å². The second-order valence-corrected chi connectivity index (χ2v) is 5.64. The highest BCUT2D eigenvalue weighted by Gasteiger charge is 2.13. The van der Waals surface area contributed by atoms with Crippen LogP contribution in [-0.2, 0) is 6.42 Å². The Labute approximate surface area is 120 Å². The Bertz CT molecular complexity index is 430. The molecule has 110 valence electrons. The molecule has 1 aromatic rings. The van der Waals surface area contributed by atoms with Gasteiger partial charge in [-0.1, -0.05) is 6.07 Å². The highest BCUT2D eigenvalue weighted by molar-refractivity contribution is 5.43. The molecule has 0 radical (unpaired) electrons. The molecular weight excluding hydrogens is 252 g/mol. The van der Waals surface area contributed by atoms with Gasteiger partial charge in [0.05, 0.1) is 0 Å². The van der Waals surface area contributed by atoms with Crippen molar-refractivity contribution in [2.45, 2.75) is 19.3 Å². The van der Waals surface area contributed by atoms with Crippen LogP contribution in [0.2, 0.25) is 0 Å². The van der Waals surface area contributed by atoms with Crippen LogP contribution in [0.1, 0.15) is 18.4 Å². The molecule has 1 saturated heterocycles. The van der Waals surface area contributed by atoms with E-state index in [1.54, 1.807) is 0 Å². The lowest BCUT2D eigenvalue weighted by atomic mass is 10.00. The second-order valence-electron chi connectivity index (χ2n) is 5.64. The topological polar surface area (TPSA) is 42.5 Å². The molecule has 2 aliphatic heterocycles. The van der Waals surface area contributed by atoms with E-state index in [4.69, 9.17) is 9.47 Å². The fourth-order valence-corrected chi connectivity index (χ4v) is 2.88. The molecule has 2 N–H and O–H groups in total. The zero-order chi connectivity index (χ0) is 13.6. The first-order valence-electron chi connectivity index (χ1n) is 7.72. The molecule has 2 aliphatic rings. The van der Waals surface area contributed by atoms with Crippen molar-refractivity contribution in [3.63, 3.8) is 0 Å². The molecule has 3 rings (SSSR count). The van der Waals surface area contributed by atoms with Gasteiger partial charge in [-0.15, -0.1) is 0 Å². The van der Waals surface area contributed by atoms with E-state index in [0.29, 0.717) is 13.2 Å². The Morgan fingerprint density at radius 1 is 1.20 bits per heavy atom. The standard InChI is InChI=1S/C16H24N2O2/c1-2-14(11-17-6-1)12-18-7-5-13-3-4-15-16(10-13)20-9-8-19-15/h3-4,10,14,17-18H,1-2,5-9,11-12H2. The van der Waals surface area contributed by atoms with E-state index in [2.05, 4.69) is 22.8 Å². The molecule has 2 heterocycles. The van der Waals surface area contributed by atoms with Gasteiger partial charge in [0.1, 0.15) is 13.2 Å². The molecule has 0 aromatic heterocycles. The van der Waals surface area contributed by atoms with Crippen LogP contribution in [0.5, 0.6) is 11.5 Å². The van der Waals surface area contributed by atoms with Crippen LogP contribution in [0, 0.1) is 5.92 Å². The summed E-state index contributed by atoms with van der Waals surface area (Å²) < 4.78 is 11.1. The molecule has 0 amide bonds. The van der Waals surface area contributed by atoms with Crippen LogP contribution < -0.4 is 20.1 Å². The van der Waals surface area contributed by atoms with Gasteiger partial charge in [-0.25, -0.2) is 0 Å². The normalized spacial score (nSPS) is 21.7. The summed E-state index contributed by atoms with van der Waals surface area (Å²) in [5.41, 5.74) is 1.31. The van der Waals surface area contributed by atoms with Crippen molar-refractivity contribution in [1.82, 2.24) is 10.6 Å². The van der Waals surface area contributed by atoms with E-state index < -0.39 is 0 Å². The number of nitrogens with one attached hydrogen (secondary N) is 2. The van der Waals surface area contributed by atoms with Gasteiger partial charge in [-0.3, -0.25) is 0 Å². The zero-order valence-corrected chi connectivity index (χ0v) is 12.0. The summed E-state index contributed by atoms with van der Waals surface area (Å²) >= 11 is 0. The average molecular weight is 276 g/mol. The van der Waals surface area contributed by atoms with E-state index in [9.17, 15) is 0 Å². The summed E-state index contributed by atoms with van der Waals surface area (Å²) in [5, 5.41) is 7.03. The highest BCUT2D eigenvalue weighted by Crippen LogP contribution is 2.30. The molecule has 1 aromatic carbocycles. The number of rotatable bonds is 5. The largest absolute Gasteiger partial charge is 0.486 e. The first-order valence-corrected chi connectivity index (χ1v) is 7.72. The van der Waals surface area contributed by atoms with Gasteiger partial charge in [0, 0.05) is 0 Å². The first-order chi connectivity index (χ1) is 9.92. The number of ether oxygens (including phenoxy) is 2. The van der Waals surface area contributed by atoms with Gasteiger partial charge >= 0.3 is 0 Å². The molecule has 0 aliphatic carbocycles. The number of benzene rings is 1. The smallest absolute Gasteiger partial charge is 0.161 e. The summed E-state index contributed by atoms with van der Waals surface area (Å²) in [6.45, 7) is 5.81. The Hall–Kier alpha value is -1.26. The fourth-order valence-electron chi connectivity index (χ4n) is 2.88. The predicted molar refractivity (Wildman–Crippen MR) is 79.6 cm³/mol.